The Bertz CT molecular complexity index is 742. The van der Waals surface area contributed by atoms with Gasteiger partial charge in [0.1, 0.15) is 0 Å². The third kappa shape index (κ3) is 4.39. The maximum Gasteiger partial charge on any atom is 0.220 e. The quantitative estimate of drug-likeness (QED) is 0.919. The number of carbonyl (C=O) groups excluding carboxylic acids is 1. The highest BCUT2D eigenvalue weighted by Gasteiger charge is 2.16. The second kappa shape index (κ2) is 7.98. The minimum absolute atomic E-state index is 0.168. The van der Waals surface area contributed by atoms with Crippen molar-refractivity contribution in [1.29, 1.82) is 0 Å². The Morgan fingerprint density at radius 2 is 1.84 bits per heavy atom. The Morgan fingerprint density at radius 1 is 1.16 bits per heavy atom. The minimum atomic E-state index is 0.168. The van der Waals surface area contributed by atoms with Crippen molar-refractivity contribution < 1.29 is 4.79 Å². The Hall–Kier alpha value is -1.91. The molecule has 0 radical (unpaired) electrons. The highest BCUT2D eigenvalue weighted by atomic mass is 16.1. The molecule has 1 fully saturated rings. The van der Waals surface area contributed by atoms with Crippen LogP contribution in [0.5, 0.6) is 0 Å². The molecule has 0 aliphatic heterocycles. The summed E-state index contributed by atoms with van der Waals surface area (Å²) in [4.78, 5) is 17.1. The molecule has 5 nitrogen and oxygen atoms in total. The molecule has 0 saturated heterocycles. The average Bonchev–Trinajstić information content (AvgIpc) is 2.90. The molecule has 0 aromatic carbocycles. The molecule has 3 rings (SSSR count). The van der Waals surface area contributed by atoms with Gasteiger partial charge in [-0.15, -0.1) is 0 Å². The lowest BCUT2D eigenvalue weighted by molar-refractivity contribution is -0.121. The van der Waals surface area contributed by atoms with Gasteiger partial charge in [0, 0.05) is 29.9 Å². The lowest BCUT2D eigenvalue weighted by Crippen LogP contribution is -2.35. The summed E-state index contributed by atoms with van der Waals surface area (Å²) in [6, 6.07) is 2.36. The fourth-order valence-electron chi connectivity index (χ4n) is 3.94. The van der Waals surface area contributed by atoms with Crippen LogP contribution in [0.1, 0.15) is 74.0 Å². The summed E-state index contributed by atoms with van der Waals surface area (Å²) in [5.41, 5.74) is 5.09. The summed E-state index contributed by atoms with van der Waals surface area (Å²) in [6.07, 6.45) is 9.93. The fourth-order valence-corrected chi connectivity index (χ4v) is 3.94. The second-order valence-corrected chi connectivity index (χ2v) is 7.43. The maximum absolute atomic E-state index is 12.4. The van der Waals surface area contributed by atoms with Crippen molar-refractivity contribution in [2.45, 2.75) is 84.6 Å². The van der Waals surface area contributed by atoms with Gasteiger partial charge in [0.25, 0.3) is 0 Å². The summed E-state index contributed by atoms with van der Waals surface area (Å²) in [7, 11) is 0. The molecule has 0 bridgehead atoms. The van der Waals surface area contributed by atoms with E-state index in [1.807, 2.05) is 24.4 Å². The van der Waals surface area contributed by atoms with Crippen LogP contribution in [-0.2, 0) is 11.2 Å². The van der Waals surface area contributed by atoms with Crippen LogP contribution >= 0.6 is 0 Å². The summed E-state index contributed by atoms with van der Waals surface area (Å²) >= 11 is 0. The van der Waals surface area contributed by atoms with Crippen LogP contribution in [0.25, 0.3) is 5.65 Å². The van der Waals surface area contributed by atoms with Crippen LogP contribution in [0.3, 0.4) is 0 Å². The van der Waals surface area contributed by atoms with Crippen molar-refractivity contribution in [1.82, 2.24) is 19.9 Å². The van der Waals surface area contributed by atoms with E-state index in [-0.39, 0.29) is 5.91 Å². The first-order valence-corrected chi connectivity index (χ1v) is 9.66. The molecule has 5 heteroatoms. The first kappa shape index (κ1) is 17.9. The molecule has 1 aliphatic rings. The second-order valence-electron chi connectivity index (χ2n) is 7.43. The van der Waals surface area contributed by atoms with E-state index < -0.39 is 0 Å². The zero-order valence-corrected chi connectivity index (χ0v) is 15.8. The van der Waals surface area contributed by atoms with Crippen LogP contribution in [-0.4, -0.2) is 26.5 Å². The van der Waals surface area contributed by atoms with Crippen LogP contribution in [0.2, 0.25) is 0 Å². The van der Waals surface area contributed by atoms with Gasteiger partial charge in [0.05, 0.1) is 5.69 Å². The van der Waals surface area contributed by atoms with Crippen molar-refractivity contribution in [3.05, 3.63) is 28.7 Å². The van der Waals surface area contributed by atoms with Gasteiger partial charge in [-0.05, 0) is 45.6 Å². The number of fused-ring (bicyclic) bond motifs is 1. The molecular formula is C20H30N4O. The molecule has 1 amide bonds. The number of nitrogens with zero attached hydrogens (tertiary/aromatic N) is 3. The van der Waals surface area contributed by atoms with Gasteiger partial charge in [0.2, 0.25) is 5.91 Å². The molecule has 1 N–H and O–H groups in total. The van der Waals surface area contributed by atoms with E-state index in [4.69, 9.17) is 0 Å². The van der Waals surface area contributed by atoms with Gasteiger partial charge in [0.15, 0.2) is 5.65 Å². The number of hydrogen-bond acceptors (Lipinski definition) is 3. The van der Waals surface area contributed by atoms with E-state index in [1.54, 1.807) is 0 Å². The van der Waals surface area contributed by atoms with Crippen LogP contribution < -0.4 is 5.32 Å². The smallest absolute Gasteiger partial charge is 0.220 e. The largest absolute Gasteiger partial charge is 0.353 e. The van der Waals surface area contributed by atoms with Gasteiger partial charge in [-0.1, -0.05) is 32.1 Å². The van der Waals surface area contributed by atoms with Gasteiger partial charge < -0.3 is 5.32 Å². The molecule has 0 atom stereocenters. The van der Waals surface area contributed by atoms with Crippen LogP contribution in [0.15, 0.2) is 6.07 Å². The predicted octanol–water partition coefficient (Wildman–Crippen LogP) is 3.82. The minimum Gasteiger partial charge on any atom is -0.353 e. The van der Waals surface area contributed by atoms with Crippen molar-refractivity contribution in [3.8, 4) is 0 Å². The maximum atomic E-state index is 12.4. The van der Waals surface area contributed by atoms with E-state index in [9.17, 15) is 4.79 Å². The highest BCUT2D eigenvalue weighted by molar-refractivity contribution is 5.76. The molecule has 1 saturated carbocycles. The lowest BCUT2D eigenvalue weighted by atomic mass is 9.96. The number of amides is 1. The Labute approximate surface area is 150 Å². The molecule has 2 aromatic heterocycles. The number of nitrogens with one attached hydrogen (secondary N) is 1. The van der Waals surface area contributed by atoms with Gasteiger partial charge in [-0.2, -0.15) is 5.10 Å². The van der Waals surface area contributed by atoms with Crippen LogP contribution in [0, 0.1) is 20.8 Å². The van der Waals surface area contributed by atoms with Crippen molar-refractivity contribution in [3.63, 3.8) is 0 Å². The van der Waals surface area contributed by atoms with E-state index >= 15 is 0 Å². The normalized spacial score (nSPS) is 16.6. The molecular weight excluding hydrogens is 312 g/mol. The molecule has 25 heavy (non-hydrogen) atoms. The molecule has 136 valence electrons. The monoisotopic (exact) mass is 342 g/mol. The average molecular weight is 342 g/mol. The number of carbonyl (C=O) groups is 1. The third-order valence-corrected chi connectivity index (χ3v) is 5.36. The zero-order chi connectivity index (χ0) is 17.8. The third-order valence-electron chi connectivity index (χ3n) is 5.36. The topological polar surface area (TPSA) is 59.3 Å². The summed E-state index contributed by atoms with van der Waals surface area (Å²) < 4.78 is 1.89. The summed E-state index contributed by atoms with van der Waals surface area (Å²) in [5.74, 6) is 0.168. The lowest BCUT2D eigenvalue weighted by Gasteiger charge is -2.21. The SMILES string of the molecule is Cc1cc2nc(C)c(CCC(=O)NC3CCCCCCC3)c(C)n2n1. The van der Waals surface area contributed by atoms with Crippen molar-refractivity contribution in [2.75, 3.05) is 0 Å². The summed E-state index contributed by atoms with van der Waals surface area (Å²) in [5, 5.41) is 7.76. The fraction of sp³-hybridized carbons (Fsp3) is 0.650. The number of rotatable bonds is 4. The molecule has 2 heterocycles. The summed E-state index contributed by atoms with van der Waals surface area (Å²) in [6.45, 7) is 6.07. The first-order chi connectivity index (χ1) is 12.0. The van der Waals surface area contributed by atoms with E-state index in [0.29, 0.717) is 12.5 Å². The van der Waals surface area contributed by atoms with Crippen LogP contribution in [0.4, 0.5) is 0 Å². The van der Waals surface area contributed by atoms with E-state index in [2.05, 4.69) is 22.3 Å². The standard InChI is InChI=1S/C20H30N4O/c1-14-13-19-21-15(2)18(16(3)24(19)23-14)11-12-20(25)22-17-9-7-5-4-6-8-10-17/h13,17H,4-12H2,1-3H3,(H,22,25). The van der Waals surface area contributed by atoms with Crippen molar-refractivity contribution >= 4 is 11.6 Å². The molecule has 1 aliphatic carbocycles. The van der Waals surface area contributed by atoms with Crippen molar-refractivity contribution in [2.24, 2.45) is 0 Å². The van der Waals surface area contributed by atoms with Gasteiger partial charge in [-0.3, -0.25) is 4.79 Å². The predicted molar refractivity (Wildman–Crippen MR) is 99.8 cm³/mol. The Balaban J connectivity index is 1.62. The Morgan fingerprint density at radius 3 is 2.56 bits per heavy atom. The first-order valence-electron chi connectivity index (χ1n) is 9.66. The highest BCUT2D eigenvalue weighted by Crippen LogP contribution is 2.19. The molecule has 0 unspecified atom stereocenters. The molecule has 0 spiro atoms. The van der Waals surface area contributed by atoms with Gasteiger partial charge >= 0.3 is 0 Å². The number of aryl methyl sites for hydroxylation is 3. The van der Waals surface area contributed by atoms with Gasteiger partial charge in [-0.25, -0.2) is 9.50 Å². The Kier molecular flexibility index (Phi) is 5.71. The molecule has 2 aromatic rings. The number of hydrogen-bond donors (Lipinski definition) is 1. The zero-order valence-electron chi connectivity index (χ0n) is 15.8. The van der Waals surface area contributed by atoms with E-state index in [1.165, 1.54) is 32.1 Å². The van der Waals surface area contributed by atoms with E-state index in [0.717, 1.165) is 47.6 Å². The number of aromatic nitrogens is 3.